The third kappa shape index (κ3) is 6.52. The van der Waals surface area contributed by atoms with E-state index in [1.54, 1.807) is 78.9 Å². The van der Waals surface area contributed by atoms with Crippen molar-refractivity contribution in [1.82, 2.24) is 4.31 Å². The van der Waals surface area contributed by atoms with Crippen LogP contribution in [0.1, 0.15) is 22.8 Å². The molecule has 0 fully saturated rings. The van der Waals surface area contributed by atoms with Crippen molar-refractivity contribution in [2.24, 2.45) is 0 Å². The summed E-state index contributed by atoms with van der Waals surface area (Å²) in [4.78, 5) is 13.5. The number of carbonyl (C=O) groups excluding carboxylic acids is 1. The zero-order chi connectivity index (χ0) is 27.1. The number of hydrogen-bond donors (Lipinski definition) is 1. The van der Waals surface area contributed by atoms with Crippen LogP contribution in [0.4, 0.5) is 5.69 Å². The summed E-state index contributed by atoms with van der Waals surface area (Å²) >= 11 is 6.19. The lowest BCUT2D eigenvalue weighted by Crippen LogP contribution is -2.27. The van der Waals surface area contributed by atoms with Gasteiger partial charge in [-0.2, -0.15) is 4.31 Å². The van der Waals surface area contributed by atoms with Gasteiger partial charge in [-0.05, 0) is 67.6 Å². The number of benzene rings is 4. The van der Waals surface area contributed by atoms with E-state index in [9.17, 15) is 13.2 Å². The van der Waals surface area contributed by atoms with E-state index < -0.39 is 15.9 Å². The fourth-order valence-electron chi connectivity index (χ4n) is 3.74. The maximum Gasteiger partial charge on any atom is 0.255 e. The van der Waals surface area contributed by atoms with Crippen LogP contribution in [0.5, 0.6) is 17.2 Å². The fourth-order valence-corrected chi connectivity index (χ4v) is 5.08. The van der Waals surface area contributed by atoms with Gasteiger partial charge < -0.3 is 14.8 Å². The van der Waals surface area contributed by atoms with E-state index in [0.717, 1.165) is 0 Å². The number of anilines is 1. The molecule has 9 heteroatoms. The number of halogens is 1. The maximum atomic E-state index is 13.3. The monoisotopic (exact) mass is 550 g/mol. The molecule has 1 N–H and O–H groups in total. The summed E-state index contributed by atoms with van der Waals surface area (Å²) in [5.41, 5.74) is 1.26. The summed E-state index contributed by atoms with van der Waals surface area (Å²) in [6, 6.07) is 27.2. The van der Waals surface area contributed by atoms with Crippen LogP contribution in [0.3, 0.4) is 0 Å². The number of amides is 1. The maximum absolute atomic E-state index is 13.3. The van der Waals surface area contributed by atoms with E-state index in [4.69, 9.17) is 21.1 Å². The minimum atomic E-state index is -3.74. The van der Waals surface area contributed by atoms with Gasteiger partial charge in [0.15, 0.2) is 5.75 Å². The van der Waals surface area contributed by atoms with Gasteiger partial charge in [-0.25, -0.2) is 8.42 Å². The van der Waals surface area contributed by atoms with Gasteiger partial charge in [0.1, 0.15) is 11.5 Å². The number of nitrogens with one attached hydrogen (secondary N) is 1. The SMILES string of the molecule is CCOc1ccc(C(=O)Nc2cc(Cl)ccc2Oc2ccccc2)cc1CN(C)S(=O)(=O)c1ccccc1. The van der Waals surface area contributed by atoms with Crippen LogP contribution >= 0.6 is 11.6 Å². The summed E-state index contributed by atoms with van der Waals surface area (Å²) in [6.07, 6.45) is 0. The Kier molecular flexibility index (Phi) is 8.68. The van der Waals surface area contributed by atoms with Crippen molar-refractivity contribution in [3.63, 3.8) is 0 Å². The third-order valence-electron chi connectivity index (χ3n) is 5.63. The first-order valence-corrected chi connectivity index (χ1v) is 13.7. The van der Waals surface area contributed by atoms with Crippen LogP contribution in [0, 0.1) is 0 Å². The van der Waals surface area contributed by atoms with Crippen LogP contribution in [-0.2, 0) is 16.6 Å². The third-order valence-corrected chi connectivity index (χ3v) is 7.68. The normalized spacial score (nSPS) is 11.3. The first-order valence-electron chi connectivity index (χ1n) is 11.9. The first kappa shape index (κ1) is 27.2. The minimum absolute atomic E-state index is 0.00716. The van der Waals surface area contributed by atoms with Crippen LogP contribution in [0.2, 0.25) is 5.02 Å². The van der Waals surface area contributed by atoms with E-state index in [-0.39, 0.29) is 11.4 Å². The van der Waals surface area contributed by atoms with Gasteiger partial charge in [-0.1, -0.05) is 48.0 Å². The van der Waals surface area contributed by atoms with E-state index in [0.29, 0.717) is 45.7 Å². The summed E-state index contributed by atoms with van der Waals surface area (Å²) in [5.74, 6) is 1.11. The molecule has 0 unspecified atom stereocenters. The Morgan fingerprint density at radius 1 is 0.895 bits per heavy atom. The standard InChI is InChI=1S/C29H27ClN2O5S/c1-3-36-27-16-14-21(18-22(27)20-32(2)38(34,35)25-12-8-5-9-13-25)29(33)31-26-19-23(30)15-17-28(26)37-24-10-6-4-7-11-24/h4-19H,3,20H2,1-2H3,(H,31,33). The van der Waals surface area contributed by atoms with Crippen LogP contribution < -0.4 is 14.8 Å². The average Bonchev–Trinajstić information content (AvgIpc) is 2.92. The molecule has 0 saturated carbocycles. The second-order valence-corrected chi connectivity index (χ2v) is 10.8. The molecule has 1 amide bonds. The number of rotatable bonds is 10. The lowest BCUT2D eigenvalue weighted by atomic mass is 10.1. The molecule has 38 heavy (non-hydrogen) atoms. The lowest BCUT2D eigenvalue weighted by Gasteiger charge is -2.20. The Morgan fingerprint density at radius 3 is 2.24 bits per heavy atom. The summed E-state index contributed by atoms with van der Waals surface area (Å²) in [5, 5.41) is 3.29. The van der Waals surface area contributed by atoms with Crippen molar-refractivity contribution >= 4 is 33.2 Å². The topological polar surface area (TPSA) is 84.9 Å². The van der Waals surface area contributed by atoms with Crippen molar-refractivity contribution in [3.8, 4) is 17.2 Å². The van der Waals surface area contributed by atoms with Crippen molar-refractivity contribution in [2.45, 2.75) is 18.4 Å². The van der Waals surface area contributed by atoms with E-state index >= 15 is 0 Å². The molecule has 196 valence electrons. The van der Waals surface area contributed by atoms with Crippen molar-refractivity contribution in [3.05, 3.63) is 113 Å². The zero-order valence-corrected chi connectivity index (χ0v) is 22.5. The zero-order valence-electron chi connectivity index (χ0n) is 20.9. The van der Waals surface area contributed by atoms with Gasteiger partial charge >= 0.3 is 0 Å². The highest BCUT2D eigenvalue weighted by Gasteiger charge is 2.23. The van der Waals surface area contributed by atoms with Gasteiger partial charge in [-0.3, -0.25) is 4.79 Å². The highest BCUT2D eigenvalue weighted by molar-refractivity contribution is 7.89. The Morgan fingerprint density at radius 2 is 1.55 bits per heavy atom. The number of carbonyl (C=O) groups is 1. The van der Waals surface area contributed by atoms with E-state index in [2.05, 4.69) is 5.32 Å². The molecule has 0 radical (unpaired) electrons. The molecule has 0 aliphatic heterocycles. The molecule has 0 bridgehead atoms. The molecule has 0 aliphatic rings. The van der Waals surface area contributed by atoms with Crippen LogP contribution in [-0.4, -0.2) is 32.3 Å². The molecule has 4 rings (SSSR count). The largest absolute Gasteiger partial charge is 0.494 e. The second kappa shape index (κ2) is 12.1. The molecule has 4 aromatic rings. The number of sulfonamides is 1. The highest BCUT2D eigenvalue weighted by Crippen LogP contribution is 2.33. The molecular formula is C29H27ClN2O5S. The fraction of sp³-hybridized carbons (Fsp3) is 0.138. The number of ether oxygens (including phenoxy) is 2. The Balaban J connectivity index is 1.60. The molecule has 0 aliphatic carbocycles. The van der Waals surface area contributed by atoms with Gasteiger partial charge in [0.2, 0.25) is 10.0 Å². The van der Waals surface area contributed by atoms with Gasteiger partial charge in [-0.15, -0.1) is 0 Å². The quantitative estimate of drug-likeness (QED) is 0.240. The van der Waals surface area contributed by atoms with Crippen LogP contribution in [0.15, 0.2) is 102 Å². The number of hydrogen-bond acceptors (Lipinski definition) is 5. The summed E-state index contributed by atoms with van der Waals surface area (Å²) in [7, 11) is -2.25. The predicted molar refractivity (Wildman–Crippen MR) is 149 cm³/mol. The van der Waals surface area contributed by atoms with Crippen molar-refractivity contribution in [2.75, 3.05) is 19.0 Å². The Bertz CT molecular complexity index is 1510. The van der Waals surface area contributed by atoms with Crippen LogP contribution in [0.25, 0.3) is 0 Å². The Labute approximate surface area is 227 Å². The van der Waals surface area contributed by atoms with Gasteiger partial charge in [0.05, 0.1) is 17.2 Å². The summed E-state index contributed by atoms with van der Waals surface area (Å²) in [6.45, 7) is 2.23. The summed E-state index contributed by atoms with van der Waals surface area (Å²) < 4.78 is 39.0. The molecule has 0 spiro atoms. The second-order valence-electron chi connectivity index (χ2n) is 8.34. The van der Waals surface area contributed by atoms with Gasteiger partial charge in [0.25, 0.3) is 5.91 Å². The van der Waals surface area contributed by atoms with E-state index in [1.807, 2.05) is 25.1 Å². The predicted octanol–water partition coefficient (Wildman–Crippen LogP) is 6.60. The number of nitrogens with zero attached hydrogens (tertiary/aromatic N) is 1. The lowest BCUT2D eigenvalue weighted by molar-refractivity contribution is 0.102. The Hall–Kier alpha value is -3.85. The highest BCUT2D eigenvalue weighted by atomic mass is 35.5. The smallest absolute Gasteiger partial charge is 0.255 e. The molecule has 4 aromatic carbocycles. The minimum Gasteiger partial charge on any atom is -0.494 e. The van der Waals surface area contributed by atoms with Gasteiger partial charge in [0, 0.05) is 29.7 Å². The molecule has 0 saturated heterocycles. The van der Waals surface area contributed by atoms with E-state index in [1.165, 1.54) is 11.4 Å². The molecular weight excluding hydrogens is 524 g/mol. The first-order chi connectivity index (χ1) is 18.3. The molecule has 0 heterocycles. The average molecular weight is 551 g/mol. The molecule has 7 nitrogen and oxygen atoms in total. The van der Waals surface area contributed by atoms with Crippen molar-refractivity contribution in [1.29, 1.82) is 0 Å². The van der Waals surface area contributed by atoms with Crippen molar-refractivity contribution < 1.29 is 22.7 Å². The number of para-hydroxylation sites is 1. The molecule has 0 atom stereocenters. The molecule has 0 aromatic heterocycles.